The van der Waals surface area contributed by atoms with Crippen molar-refractivity contribution in [3.8, 4) is 11.8 Å². The van der Waals surface area contributed by atoms with Gasteiger partial charge in [0, 0.05) is 6.42 Å². The summed E-state index contributed by atoms with van der Waals surface area (Å²) >= 11 is 0. The molecule has 0 saturated heterocycles. The minimum atomic E-state index is -0.531. The number of benzene rings is 1. The van der Waals surface area contributed by atoms with Crippen LogP contribution in [-0.4, -0.2) is 17.8 Å². The summed E-state index contributed by atoms with van der Waals surface area (Å²) in [4.78, 5) is 0. The number of aliphatic hydroxyl groups excluding tert-OH is 1. The maximum Gasteiger partial charge on any atom is 0.126 e. The van der Waals surface area contributed by atoms with Crippen LogP contribution in [0.4, 0.5) is 0 Å². The third-order valence-electron chi connectivity index (χ3n) is 3.55. The van der Waals surface area contributed by atoms with E-state index in [0.717, 1.165) is 36.3 Å². The third kappa shape index (κ3) is 1.23. The van der Waals surface area contributed by atoms with Crippen molar-refractivity contribution in [2.24, 2.45) is 0 Å². The van der Waals surface area contributed by atoms with E-state index in [1.165, 1.54) is 5.56 Å². The number of nitrogens with zero attached hydrogens (tertiary/aromatic N) is 1. The summed E-state index contributed by atoms with van der Waals surface area (Å²) < 4.78 is 5.63. The van der Waals surface area contributed by atoms with Crippen molar-refractivity contribution >= 4 is 0 Å². The van der Waals surface area contributed by atoms with E-state index in [4.69, 9.17) is 10.00 Å². The fraction of sp³-hybridized carbons (Fsp3) is 0.462. The number of nitriles is 1. The van der Waals surface area contributed by atoms with E-state index in [-0.39, 0.29) is 0 Å². The van der Waals surface area contributed by atoms with Crippen LogP contribution in [0.25, 0.3) is 0 Å². The van der Waals surface area contributed by atoms with Gasteiger partial charge in [0.2, 0.25) is 0 Å². The first-order valence-corrected chi connectivity index (χ1v) is 5.66. The second-order valence-corrected chi connectivity index (χ2v) is 4.43. The quantitative estimate of drug-likeness (QED) is 0.714. The molecular weight excluding hydrogens is 202 g/mol. The molecule has 2 unspecified atom stereocenters. The van der Waals surface area contributed by atoms with Crippen LogP contribution in [0.1, 0.15) is 29.0 Å². The Hall–Kier alpha value is -1.53. The Bertz CT molecular complexity index is 476. The molecule has 0 bridgehead atoms. The van der Waals surface area contributed by atoms with Gasteiger partial charge in [-0.25, -0.2) is 0 Å². The topological polar surface area (TPSA) is 53.2 Å². The van der Waals surface area contributed by atoms with Gasteiger partial charge in [-0.3, -0.25) is 0 Å². The fourth-order valence-electron chi connectivity index (χ4n) is 2.70. The van der Waals surface area contributed by atoms with Crippen molar-refractivity contribution in [3.63, 3.8) is 0 Å². The van der Waals surface area contributed by atoms with E-state index in [1.807, 2.05) is 12.1 Å². The average molecular weight is 215 g/mol. The second kappa shape index (κ2) is 3.50. The van der Waals surface area contributed by atoms with Crippen LogP contribution in [-0.2, 0) is 12.8 Å². The van der Waals surface area contributed by atoms with Gasteiger partial charge >= 0.3 is 0 Å². The summed E-state index contributed by atoms with van der Waals surface area (Å²) in [5, 5.41) is 18.9. The zero-order valence-corrected chi connectivity index (χ0v) is 8.94. The Morgan fingerprint density at radius 2 is 2.25 bits per heavy atom. The highest BCUT2D eigenvalue weighted by Gasteiger charge is 2.31. The highest BCUT2D eigenvalue weighted by Crippen LogP contribution is 2.40. The van der Waals surface area contributed by atoms with E-state index in [9.17, 15) is 5.11 Å². The molecule has 1 N–H and O–H groups in total. The first kappa shape index (κ1) is 9.68. The maximum atomic E-state index is 9.80. The van der Waals surface area contributed by atoms with Gasteiger partial charge in [-0.1, -0.05) is 12.1 Å². The molecule has 0 radical (unpaired) electrons. The lowest BCUT2D eigenvalue weighted by Crippen LogP contribution is -2.24. The SMILES string of the molecule is N#CC1c2ccc3c(c2CCC1O)OCC3. The smallest absolute Gasteiger partial charge is 0.126 e. The molecule has 82 valence electrons. The first-order valence-electron chi connectivity index (χ1n) is 5.66. The van der Waals surface area contributed by atoms with E-state index >= 15 is 0 Å². The van der Waals surface area contributed by atoms with E-state index in [0.29, 0.717) is 6.42 Å². The zero-order chi connectivity index (χ0) is 11.1. The largest absolute Gasteiger partial charge is 0.493 e. The normalized spacial score (nSPS) is 26.5. The van der Waals surface area contributed by atoms with Crippen molar-refractivity contribution in [2.75, 3.05) is 6.61 Å². The lowest BCUT2D eigenvalue weighted by atomic mass is 9.80. The number of rotatable bonds is 0. The van der Waals surface area contributed by atoms with Crippen LogP contribution in [0, 0.1) is 11.3 Å². The molecule has 1 aliphatic heterocycles. The molecule has 2 aliphatic rings. The van der Waals surface area contributed by atoms with E-state index in [2.05, 4.69) is 6.07 Å². The summed E-state index contributed by atoms with van der Waals surface area (Å²) in [5.74, 6) is 0.586. The summed E-state index contributed by atoms with van der Waals surface area (Å²) in [7, 11) is 0. The lowest BCUT2D eigenvalue weighted by molar-refractivity contribution is 0.144. The van der Waals surface area contributed by atoms with Gasteiger partial charge in [-0.2, -0.15) is 5.26 Å². The van der Waals surface area contributed by atoms with Gasteiger partial charge in [0.25, 0.3) is 0 Å². The van der Waals surface area contributed by atoms with Gasteiger partial charge in [-0.15, -0.1) is 0 Å². The number of ether oxygens (including phenoxy) is 1. The molecule has 16 heavy (non-hydrogen) atoms. The van der Waals surface area contributed by atoms with Crippen LogP contribution >= 0.6 is 0 Å². The maximum absolute atomic E-state index is 9.80. The predicted molar refractivity (Wildman–Crippen MR) is 58.3 cm³/mol. The molecule has 0 aromatic heterocycles. The van der Waals surface area contributed by atoms with Crippen LogP contribution < -0.4 is 4.74 Å². The van der Waals surface area contributed by atoms with Gasteiger partial charge < -0.3 is 9.84 Å². The van der Waals surface area contributed by atoms with Gasteiger partial charge in [0.15, 0.2) is 0 Å². The molecule has 1 aromatic carbocycles. The molecule has 0 saturated carbocycles. The molecule has 1 aliphatic carbocycles. The highest BCUT2D eigenvalue weighted by atomic mass is 16.5. The zero-order valence-electron chi connectivity index (χ0n) is 8.94. The third-order valence-corrected chi connectivity index (χ3v) is 3.55. The monoisotopic (exact) mass is 215 g/mol. The van der Waals surface area contributed by atoms with Crippen molar-refractivity contribution in [1.82, 2.24) is 0 Å². The Morgan fingerprint density at radius 1 is 1.38 bits per heavy atom. The minimum Gasteiger partial charge on any atom is -0.493 e. The summed E-state index contributed by atoms with van der Waals surface area (Å²) in [6.07, 6.45) is 1.91. The van der Waals surface area contributed by atoms with Crippen LogP contribution in [0.5, 0.6) is 5.75 Å². The van der Waals surface area contributed by atoms with Crippen LogP contribution in [0.2, 0.25) is 0 Å². The van der Waals surface area contributed by atoms with E-state index < -0.39 is 12.0 Å². The standard InChI is InChI=1S/C13H13NO2/c14-7-11-9-2-1-8-5-6-16-13(8)10(9)3-4-12(11)15/h1-2,11-12,15H,3-6H2. The second-order valence-electron chi connectivity index (χ2n) is 4.43. The Morgan fingerprint density at radius 3 is 3.06 bits per heavy atom. The Kier molecular flexibility index (Phi) is 2.12. The van der Waals surface area contributed by atoms with Crippen molar-refractivity contribution < 1.29 is 9.84 Å². The molecule has 3 heteroatoms. The molecule has 1 heterocycles. The molecule has 3 rings (SSSR count). The number of hydrogen-bond acceptors (Lipinski definition) is 3. The first-order chi connectivity index (χ1) is 7.81. The molecule has 2 atom stereocenters. The van der Waals surface area contributed by atoms with Crippen LogP contribution in [0.15, 0.2) is 12.1 Å². The number of hydrogen-bond donors (Lipinski definition) is 1. The number of fused-ring (bicyclic) bond motifs is 3. The molecular formula is C13H13NO2. The Balaban J connectivity index is 2.15. The Labute approximate surface area is 94.3 Å². The predicted octanol–water partition coefficient (Wildman–Crippen LogP) is 1.54. The molecule has 3 nitrogen and oxygen atoms in total. The van der Waals surface area contributed by atoms with Gasteiger partial charge in [-0.05, 0) is 29.5 Å². The van der Waals surface area contributed by atoms with Crippen molar-refractivity contribution in [1.29, 1.82) is 5.26 Å². The van der Waals surface area contributed by atoms with Crippen molar-refractivity contribution in [3.05, 3.63) is 28.8 Å². The molecule has 0 amide bonds. The molecule has 0 spiro atoms. The summed E-state index contributed by atoms with van der Waals surface area (Å²) in [6.45, 7) is 0.742. The number of aliphatic hydroxyl groups is 1. The van der Waals surface area contributed by atoms with Crippen molar-refractivity contribution in [2.45, 2.75) is 31.3 Å². The van der Waals surface area contributed by atoms with E-state index in [1.54, 1.807) is 0 Å². The fourth-order valence-corrected chi connectivity index (χ4v) is 2.70. The highest BCUT2D eigenvalue weighted by molar-refractivity contribution is 5.52. The lowest BCUT2D eigenvalue weighted by Gasteiger charge is -2.26. The average Bonchev–Trinajstić information content (AvgIpc) is 2.76. The summed E-state index contributed by atoms with van der Waals surface area (Å²) in [5.41, 5.74) is 3.35. The minimum absolute atomic E-state index is 0.391. The molecule has 0 fully saturated rings. The van der Waals surface area contributed by atoms with Gasteiger partial charge in [0.1, 0.15) is 5.75 Å². The summed E-state index contributed by atoms with van der Waals surface area (Å²) in [6, 6.07) is 6.21. The van der Waals surface area contributed by atoms with Crippen LogP contribution in [0.3, 0.4) is 0 Å². The molecule has 1 aromatic rings. The van der Waals surface area contributed by atoms with Gasteiger partial charge in [0.05, 0.1) is 24.7 Å².